The van der Waals surface area contributed by atoms with Crippen molar-refractivity contribution in [1.29, 1.82) is 0 Å². The number of likely N-dealkylation sites (tertiary alicyclic amines) is 1. The Morgan fingerprint density at radius 2 is 1.96 bits per heavy atom. The third-order valence-electron chi connectivity index (χ3n) is 4.88. The summed E-state index contributed by atoms with van der Waals surface area (Å²) in [5, 5.41) is 6.95. The number of carbonyl (C=O) groups is 1. The summed E-state index contributed by atoms with van der Waals surface area (Å²) in [5.74, 6) is 0.953. The maximum absolute atomic E-state index is 12.9. The number of aromatic nitrogens is 3. The summed E-state index contributed by atoms with van der Waals surface area (Å²) in [7, 11) is 0. The highest BCUT2D eigenvalue weighted by atomic mass is 16.5. The van der Waals surface area contributed by atoms with Crippen molar-refractivity contribution in [1.82, 2.24) is 25.3 Å². The molecule has 0 spiro atoms. The van der Waals surface area contributed by atoms with Gasteiger partial charge in [0, 0.05) is 12.4 Å². The van der Waals surface area contributed by atoms with E-state index >= 15 is 0 Å². The maximum atomic E-state index is 12.9. The first-order chi connectivity index (χ1) is 13.8. The van der Waals surface area contributed by atoms with E-state index in [1.807, 2.05) is 42.5 Å². The minimum absolute atomic E-state index is 0.0655. The fourth-order valence-corrected chi connectivity index (χ4v) is 3.53. The summed E-state index contributed by atoms with van der Waals surface area (Å²) in [5.41, 5.74) is 2.01. The minimum atomic E-state index is -0.341. The van der Waals surface area contributed by atoms with E-state index in [1.165, 1.54) is 0 Å². The molecule has 4 rings (SSSR count). The van der Waals surface area contributed by atoms with Crippen molar-refractivity contribution in [3.05, 3.63) is 77.7 Å². The average molecular weight is 377 g/mol. The first-order valence-electron chi connectivity index (χ1n) is 9.56. The topological polar surface area (TPSA) is 84.2 Å². The first kappa shape index (κ1) is 18.3. The van der Waals surface area contributed by atoms with Crippen LogP contribution in [0, 0.1) is 0 Å². The molecule has 0 saturated carbocycles. The van der Waals surface area contributed by atoms with Crippen LogP contribution < -0.4 is 5.32 Å². The summed E-state index contributed by atoms with van der Waals surface area (Å²) in [6.45, 7) is 2.06. The lowest BCUT2D eigenvalue weighted by Crippen LogP contribution is -2.39. The van der Waals surface area contributed by atoms with E-state index in [9.17, 15) is 4.79 Å². The molecular formula is C21H23N5O2. The maximum Gasteiger partial charge on any atom is 0.242 e. The van der Waals surface area contributed by atoms with Crippen molar-refractivity contribution in [2.45, 2.75) is 31.8 Å². The van der Waals surface area contributed by atoms with Crippen molar-refractivity contribution < 1.29 is 9.32 Å². The second kappa shape index (κ2) is 8.75. The number of pyridine rings is 1. The van der Waals surface area contributed by atoms with Crippen LogP contribution in [0.3, 0.4) is 0 Å². The zero-order valence-electron chi connectivity index (χ0n) is 15.6. The normalized spacial score (nSPS) is 15.4. The zero-order valence-corrected chi connectivity index (χ0v) is 15.6. The van der Waals surface area contributed by atoms with E-state index in [0.29, 0.717) is 18.1 Å². The highest BCUT2D eigenvalue weighted by Crippen LogP contribution is 2.24. The molecule has 3 aromatic rings. The Hall–Kier alpha value is -3.06. The molecule has 7 nitrogen and oxygen atoms in total. The molecule has 7 heteroatoms. The highest BCUT2D eigenvalue weighted by molar-refractivity contribution is 5.83. The van der Waals surface area contributed by atoms with Gasteiger partial charge in [-0.1, -0.05) is 41.6 Å². The summed E-state index contributed by atoms with van der Waals surface area (Å²) in [6, 6.07) is 13.4. The number of rotatable bonds is 7. The number of hydrogen-bond donors (Lipinski definition) is 1. The largest absolute Gasteiger partial charge is 0.347 e. The van der Waals surface area contributed by atoms with Crippen LogP contribution in [0.4, 0.5) is 0 Å². The SMILES string of the molecule is O=C(NCc1noc(Cc2ccccc2)n1)C(c1cccnc1)N1CCCC1. The molecule has 1 amide bonds. The highest BCUT2D eigenvalue weighted by Gasteiger charge is 2.29. The van der Waals surface area contributed by atoms with E-state index in [0.717, 1.165) is 37.1 Å². The first-order valence-corrected chi connectivity index (χ1v) is 9.56. The van der Waals surface area contributed by atoms with E-state index in [-0.39, 0.29) is 18.5 Å². The Bertz CT molecular complexity index is 891. The van der Waals surface area contributed by atoms with Crippen LogP contribution in [0.15, 0.2) is 59.4 Å². The number of benzene rings is 1. The van der Waals surface area contributed by atoms with E-state index < -0.39 is 0 Å². The Morgan fingerprint density at radius 1 is 1.14 bits per heavy atom. The van der Waals surface area contributed by atoms with Gasteiger partial charge in [0.05, 0.1) is 13.0 Å². The van der Waals surface area contributed by atoms with Crippen molar-refractivity contribution in [2.75, 3.05) is 13.1 Å². The van der Waals surface area contributed by atoms with Crippen molar-refractivity contribution in [3.63, 3.8) is 0 Å². The molecule has 0 radical (unpaired) electrons. The van der Waals surface area contributed by atoms with Crippen molar-refractivity contribution in [3.8, 4) is 0 Å². The molecule has 1 saturated heterocycles. The summed E-state index contributed by atoms with van der Waals surface area (Å²) >= 11 is 0. The lowest BCUT2D eigenvalue weighted by Gasteiger charge is -2.26. The van der Waals surface area contributed by atoms with Gasteiger partial charge >= 0.3 is 0 Å². The van der Waals surface area contributed by atoms with Crippen LogP contribution in [-0.4, -0.2) is 39.0 Å². The molecule has 2 aromatic heterocycles. The van der Waals surface area contributed by atoms with Crippen LogP contribution >= 0.6 is 0 Å². The van der Waals surface area contributed by atoms with E-state index in [4.69, 9.17) is 4.52 Å². The van der Waals surface area contributed by atoms with Crippen LogP contribution in [-0.2, 0) is 17.8 Å². The summed E-state index contributed by atoms with van der Waals surface area (Å²) < 4.78 is 5.31. The molecule has 1 atom stereocenters. The predicted molar refractivity (Wildman–Crippen MR) is 103 cm³/mol. The van der Waals surface area contributed by atoms with Gasteiger partial charge in [-0.25, -0.2) is 0 Å². The summed E-state index contributed by atoms with van der Waals surface area (Å²) in [4.78, 5) is 23.7. The molecule has 28 heavy (non-hydrogen) atoms. The number of amides is 1. The van der Waals surface area contributed by atoms with Gasteiger partial charge in [-0.15, -0.1) is 0 Å². The summed E-state index contributed by atoms with van der Waals surface area (Å²) in [6.07, 6.45) is 6.27. The van der Waals surface area contributed by atoms with Gasteiger partial charge in [0.2, 0.25) is 11.8 Å². The Kier molecular flexibility index (Phi) is 5.72. The number of nitrogens with one attached hydrogen (secondary N) is 1. The third kappa shape index (κ3) is 4.43. The zero-order chi connectivity index (χ0) is 19.2. The van der Waals surface area contributed by atoms with Crippen molar-refractivity contribution >= 4 is 5.91 Å². The average Bonchev–Trinajstić information content (AvgIpc) is 3.41. The fraction of sp³-hybridized carbons (Fsp3) is 0.333. The standard InChI is InChI=1S/C21H23N5O2/c27-21(20(26-11-4-5-12-26)17-9-6-10-22-14-17)23-15-18-24-19(28-25-18)13-16-7-2-1-3-8-16/h1-3,6-10,14,20H,4-5,11-13,15H2,(H,23,27). The van der Waals surface area contributed by atoms with Gasteiger partial charge in [0.1, 0.15) is 6.04 Å². The lowest BCUT2D eigenvalue weighted by atomic mass is 10.1. The van der Waals surface area contributed by atoms with Crippen LogP contribution in [0.5, 0.6) is 0 Å². The number of hydrogen-bond acceptors (Lipinski definition) is 6. The van der Waals surface area contributed by atoms with Crippen molar-refractivity contribution in [2.24, 2.45) is 0 Å². The molecule has 3 heterocycles. The van der Waals surface area contributed by atoms with Crippen LogP contribution in [0.1, 0.15) is 41.7 Å². The quantitative estimate of drug-likeness (QED) is 0.681. The van der Waals surface area contributed by atoms with Gasteiger partial charge in [-0.3, -0.25) is 14.7 Å². The van der Waals surface area contributed by atoms with Gasteiger partial charge in [0.15, 0.2) is 5.82 Å². The number of nitrogens with zero attached hydrogens (tertiary/aromatic N) is 4. The number of carbonyl (C=O) groups excluding carboxylic acids is 1. The monoisotopic (exact) mass is 377 g/mol. The molecule has 144 valence electrons. The molecule has 0 aliphatic carbocycles. The van der Waals surface area contributed by atoms with Crippen LogP contribution in [0.2, 0.25) is 0 Å². The van der Waals surface area contributed by atoms with Gasteiger partial charge in [-0.05, 0) is 43.1 Å². The van der Waals surface area contributed by atoms with Gasteiger partial charge in [0.25, 0.3) is 0 Å². The molecule has 1 aliphatic rings. The molecule has 1 aromatic carbocycles. The third-order valence-corrected chi connectivity index (χ3v) is 4.88. The Morgan fingerprint density at radius 3 is 2.71 bits per heavy atom. The molecule has 1 N–H and O–H groups in total. The second-order valence-corrected chi connectivity index (χ2v) is 6.92. The molecule has 1 aliphatic heterocycles. The molecule has 0 bridgehead atoms. The van der Waals surface area contributed by atoms with Gasteiger partial charge in [-0.2, -0.15) is 4.98 Å². The van der Waals surface area contributed by atoms with Crippen LogP contribution in [0.25, 0.3) is 0 Å². The van der Waals surface area contributed by atoms with E-state index in [2.05, 4.69) is 25.3 Å². The predicted octanol–water partition coefficient (Wildman–Crippen LogP) is 2.51. The van der Waals surface area contributed by atoms with Gasteiger partial charge < -0.3 is 9.84 Å². The lowest BCUT2D eigenvalue weighted by molar-refractivity contribution is -0.126. The van der Waals surface area contributed by atoms with E-state index in [1.54, 1.807) is 12.4 Å². The molecular weight excluding hydrogens is 354 g/mol. The Balaban J connectivity index is 1.40. The Labute approximate surface area is 163 Å². The molecule has 1 unspecified atom stereocenters. The second-order valence-electron chi connectivity index (χ2n) is 6.92. The fourth-order valence-electron chi connectivity index (χ4n) is 3.53. The minimum Gasteiger partial charge on any atom is -0.347 e. The molecule has 1 fully saturated rings. The smallest absolute Gasteiger partial charge is 0.242 e.